The molecule has 2 heterocycles. The number of nitrogens with zero attached hydrogens (tertiary/aromatic N) is 4. The zero-order valence-electron chi connectivity index (χ0n) is 9.24. The third kappa shape index (κ3) is 1.83. The largest absolute Gasteiger partial charge is 0.391 e. The molecule has 0 amide bonds. The molecule has 1 atom stereocenters. The van der Waals surface area contributed by atoms with Crippen molar-refractivity contribution in [3.63, 3.8) is 0 Å². The van der Waals surface area contributed by atoms with Gasteiger partial charge in [-0.15, -0.1) is 5.10 Å². The molecule has 0 saturated carbocycles. The predicted molar refractivity (Wildman–Crippen MR) is 58.1 cm³/mol. The normalized spacial score (nSPS) is 13.5. The Labute approximate surface area is 92.2 Å². The second-order valence-electron chi connectivity index (χ2n) is 4.08. The van der Waals surface area contributed by atoms with Gasteiger partial charge in [0.2, 0.25) is 0 Å². The van der Waals surface area contributed by atoms with Gasteiger partial charge >= 0.3 is 5.69 Å². The van der Waals surface area contributed by atoms with Gasteiger partial charge in [-0.3, -0.25) is 4.98 Å². The van der Waals surface area contributed by atoms with Crippen molar-refractivity contribution in [2.45, 2.75) is 26.5 Å². The lowest BCUT2D eigenvalue weighted by atomic mass is 10.1. The van der Waals surface area contributed by atoms with Gasteiger partial charge < -0.3 is 5.11 Å². The maximum absolute atomic E-state index is 11.8. The molecule has 2 rings (SSSR count). The first-order chi connectivity index (χ1) is 7.59. The van der Waals surface area contributed by atoms with Crippen molar-refractivity contribution in [3.8, 4) is 0 Å². The lowest BCUT2D eigenvalue weighted by Crippen LogP contribution is -2.29. The Morgan fingerprint density at radius 2 is 2.25 bits per heavy atom. The van der Waals surface area contributed by atoms with Crippen molar-refractivity contribution in [2.75, 3.05) is 0 Å². The number of fused-ring (bicyclic) bond motifs is 1. The van der Waals surface area contributed by atoms with Gasteiger partial charge in [-0.1, -0.05) is 13.8 Å². The highest BCUT2D eigenvalue weighted by Gasteiger charge is 2.13. The van der Waals surface area contributed by atoms with Crippen LogP contribution in [0.4, 0.5) is 0 Å². The average molecular weight is 222 g/mol. The topological polar surface area (TPSA) is 72.4 Å². The summed E-state index contributed by atoms with van der Waals surface area (Å²) in [5.74, 6) is 0.0924. The Balaban J connectivity index is 2.39. The second kappa shape index (κ2) is 4.05. The smallest absolute Gasteiger partial charge is 0.350 e. The predicted octanol–water partition coefficient (Wildman–Crippen LogP) is -0.0921. The molecule has 0 aromatic carbocycles. The van der Waals surface area contributed by atoms with E-state index in [1.165, 1.54) is 21.5 Å². The molecule has 6 nitrogen and oxygen atoms in total. The molecule has 2 aromatic rings. The molecule has 0 aliphatic rings. The maximum atomic E-state index is 11.8. The third-order valence-electron chi connectivity index (χ3n) is 2.52. The van der Waals surface area contributed by atoms with E-state index in [0.29, 0.717) is 5.65 Å². The van der Waals surface area contributed by atoms with Crippen LogP contribution in [-0.4, -0.2) is 30.4 Å². The Bertz CT molecular complexity index is 543. The van der Waals surface area contributed by atoms with Gasteiger partial charge in [0.25, 0.3) is 0 Å². The van der Waals surface area contributed by atoms with Crippen molar-refractivity contribution in [1.82, 2.24) is 19.2 Å². The quantitative estimate of drug-likeness (QED) is 0.787. The highest BCUT2D eigenvalue weighted by molar-refractivity contribution is 5.31. The van der Waals surface area contributed by atoms with Crippen LogP contribution in [-0.2, 0) is 6.54 Å². The lowest BCUT2D eigenvalue weighted by molar-refractivity contribution is 0.102. The Morgan fingerprint density at radius 3 is 2.88 bits per heavy atom. The monoisotopic (exact) mass is 222 g/mol. The number of rotatable bonds is 3. The molecule has 1 unspecified atom stereocenters. The van der Waals surface area contributed by atoms with Gasteiger partial charge in [0.05, 0.1) is 18.8 Å². The second-order valence-corrected chi connectivity index (χ2v) is 4.08. The van der Waals surface area contributed by atoms with Crippen molar-refractivity contribution in [1.29, 1.82) is 0 Å². The van der Waals surface area contributed by atoms with Crippen molar-refractivity contribution in [3.05, 3.63) is 29.1 Å². The van der Waals surface area contributed by atoms with Crippen LogP contribution in [0.3, 0.4) is 0 Å². The van der Waals surface area contributed by atoms with E-state index in [-0.39, 0.29) is 18.2 Å². The summed E-state index contributed by atoms with van der Waals surface area (Å²) in [5.41, 5.74) is 0.237. The molecule has 0 fully saturated rings. The fourth-order valence-electron chi connectivity index (χ4n) is 1.39. The molecule has 6 heteroatoms. The summed E-state index contributed by atoms with van der Waals surface area (Å²) < 4.78 is 2.67. The lowest BCUT2D eigenvalue weighted by Gasteiger charge is -2.12. The van der Waals surface area contributed by atoms with E-state index in [2.05, 4.69) is 10.1 Å². The minimum Gasteiger partial charge on any atom is -0.391 e. The molecular weight excluding hydrogens is 208 g/mol. The van der Waals surface area contributed by atoms with Crippen LogP contribution in [0, 0.1) is 5.92 Å². The SMILES string of the molecule is CC(C)C(O)Cn1nc2cnccn2c1=O. The Kier molecular flexibility index (Phi) is 2.74. The van der Waals surface area contributed by atoms with E-state index >= 15 is 0 Å². The van der Waals surface area contributed by atoms with Crippen LogP contribution in [0.2, 0.25) is 0 Å². The van der Waals surface area contributed by atoms with Gasteiger partial charge in [0.1, 0.15) is 0 Å². The summed E-state index contributed by atoms with van der Waals surface area (Å²) in [5, 5.41) is 13.8. The Morgan fingerprint density at radius 1 is 1.50 bits per heavy atom. The molecule has 0 radical (unpaired) electrons. The van der Waals surface area contributed by atoms with Gasteiger partial charge in [-0.2, -0.15) is 0 Å². The van der Waals surface area contributed by atoms with Crippen LogP contribution < -0.4 is 5.69 Å². The first kappa shape index (κ1) is 10.8. The highest BCUT2D eigenvalue weighted by atomic mass is 16.3. The van der Waals surface area contributed by atoms with Crippen LogP contribution in [0.1, 0.15) is 13.8 Å². The van der Waals surface area contributed by atoms with Crippen molar-refractivity contribution in [2.24, 2.45) is 5.92 Å². The molecule has 0 spiro atoms. The molecule has 2 aromatic heterocycles. The van der Waals surface area contributed by atoms with E-state index in [1.54, 1.807) is 6.20 Å². The molecule has 86 valence electrons. The molecular formula is C10H14N4O2. The van der Waals surface area contributed by atoms with Crippen LogP contribution in [0.5, 0.6) is 0 Å². The van der Waals surface area contributed by atoms with Crippen LogP contribution in [0.15, 0.2) is 23.4 Å². The number of aliphatic hydroxyl groups is 1. The fraction of sp³-hybridized carbons (Fsp3) is 0.500. The highest BCUT2D eigenvalue weighted by Crippen LogP contribution is 2.03. The Hall–Kier alpha value is -1.69. The summed E-state index contributed by atoms with van der Waals surface area (Å²) in [4.78, 5) is 15.7. The van der Waals surface area contributed by atoms with Gasteiger partial charge in [0, 0.05) is 12.4 Å². The van der Waals surface area contributed by atoms with E-state index in [0.717, 1.165) is 0 Å². The number of hydrogen-bond acceptors (Lipinski definition) is 4. The van der Waals surface area contributed by atoms with Crippen LogP contribution >= 0.6 is 0 Å². The average Bonchev–Trinajstić information content (AvgIpc) is 2.56. The summed E-state index contributed by atoms with van der Waals surface area (Å²) >= 11 is 0. The molecule has 0 aliphatic heterocycles. The maximum Gasteiger partial charge on any atom is 0.350 e. The van der Waals surface area contributed by atoms with E-state index in [1.807, 2.05) is 13.8 Å². The molecule has 0 saturated heterocycles. The summed E-state index contributed by atoms with van der Waals surface area (Å²) in [6.07, 6.45) is 4.03. The van der Waals surface area contributed by atoms with Gasteiger partial charge in [-0.05, 0) is 5.92 Å². The zero-order chi connectivity index (χ0) is 11.7. The van der Waals surface area contributed by atoms with E-state index in [9.17, 15) is 9.90 Å². The first-order valence-electron chi connectivity index (χ1n) is 5.17. The van der Waals surface area contributed by atoms with E-state index < -0.39 is 6.10 Å². The standard InChI is InChI=1S/C10H14N4O2/c1-7(2)8(15)6-14-10(16)13-4-3-11-5-9(13)12-14/h3-5,7-8,15H,6H2,1-2H3. The van der Waals surface area contributed by atoms with Gasteiger partial charge in [0.15, 0.2) is 5.65 Å². The number of aromatic nitrogens is 4. The molecule has 0 bridgehead atoms. The van der Waals surface area contributed by atoms with Crippen molar-refractivity contribution < 1.29 is 5.11 Å². The minimum absolute atomic E-state index is 0.0924. The molecule has 0 aliphatic carbocycles. The molecule has 1 N–H and O–H groups in total. The summed E-state index contributed by atoms with van der Waals surface area (Å²) in [7, 11) is 0. The zero-order valence-corrected chi connectivity index (χ0v) is 9.24. The van der Waals surface area contributed by atoms with E-state index in [4.69, 9.17) is 0 Å². The van der Waals surface area contributed by atoms with Gasteiger partial charge in [-0.25, -0.2) is 13.9 Å². The summed E-state index contributed by atoms with van der Waals surface area (Å²) in [6.45, 7) is 4.00. The van der Waals surface area contributed by atoms with Crippen LogP contribution in [0.25, 0.3) is 5.65 Å². The van der Waals surface area contributed by atoms with Crippen molar-refractivity contribution >= 4 is 5.65 Å². The fourth-order valence-corrected chi connectivity index (χ4v) is 1.39. The number of hydrogen-bond donors (Lipinski definition) is 1. The minimum atomic E-state index is -0.574. The first-order valence-corrected chi connectivity index (χ1v) is 5.17. The third-order valence-corrected chi connectivity index (χ3v) is 2.52. The molecule has 16 heavy (non-hydrogen) atoms. The summed E-state index contributed by atoms with van der Waals surface area (Å²) in [6, 6.07) is 0. The number of aliphatic hydroxyl groups excluding tert-OH is 1.